The summed E-state index contributed by atoms with van der Waals surface area (Å²) in [6.07, 6.45) is 2.90. The second kappa shape index (κ2) is 5.51. The van der Waals surface area contributed by atoms with Crippen LogP contribution in [0.2, 0.25) is 0 Å². The topological polar surface area (TPSA) is 55.8 Å². The molecule has 1 N–H and O–H groups in total. The molecule has 0 saturated heterocycles. The van der Waals surface area contributed by atoms with Crippen LogP contribution in [-0.2, 0) is 14.3 Å². The number of cyclic esters (lactones) is 1. The molecule has 4 heteroatoms. The molecule has 4 nitrogen and oxygen atoms in total. The molecule has 0 bridgehead atoms. The lowest BCUT2D eigenvalue weighted by Gasteiger charge is -2.25. The second-order valence-electron chi connectivity index (χ2n) is 3.87. The molecule has 1 aliphatic rings. The Morgan fingerprint density at radius 3 is 2.72 bits per heavy atom. The smallest absolute Gasteiger partial charge is 0.334 e. The molecule has 18 heavy (non-hydrogen) atoms. The SMILES string of the molecule is COC1=CC(=O)O[C@@H](/C=C\c2ccccc2)[C@@H]1O. The number of aliphatic hydroxyl groups excluding tert-OH is 1. The van der Waals surface area contributed by atoms with Gasteiger partial charge in [-0.15, -0.1) is 0 Å². The van der Waals surface area contributed by atoms with E-state index in [4.69, 9.17) is 9.47 Å². The number of hydrogen-bond acceptors (Lipinski definition) is 4. The van der Waals surface area contributed by atoms with Crippen molar-refractivity contribution < 1.29 is 19.4 Å². The minimum atomic E-state index is -0.965. The third-order valence-electron chi connectivity index (χ3n) is 2.63. The molecule has 1 aromatic rings. The summed E-state index contributed by atoms with van der Waals surface area (Å²) in [6, 6.07) is 9.56. The molecule has 1 aliphatic heterocycles. The van der Waals surface area contributed by atoms with Crippen molar-refractivity contribution in [2.24, 2.45) is 0 Å². The van der Waals surface area contributed by atoms with Crippen molar-refractivity contribution in [3.63, 3.8) is 0 Å². The Morgan fingerprint density at radius 2 is 2.06 bits per heavy atom. The fourth-order valence-electron chi connectivity index (χ4n) is 1.69. The molecule has 94 valence electrons. The lowest BCUT2D eigenvalue weighted by Crippen LogP contribution is -2.35. The molecule has 0 aliphatic carbocycles. The molecule has 0 amide bonds. The Labute approximate surface area is 105 Å². The fourth-order valence-corrected chi connectivity index (χ4v) is 1.69. The van der Waals surface area contributed by atoms with E-state index < -0.39 is 18.2 Å². The van der Waals surface area contributed by atoms with Crippen molar-refractivity contribution in [2.75, 3.05) is 7.11 Å². The van der Waals surface area contributed by atoms with E-state index in [0.717, 1.165) is 11.6 Å². The minimum Gasteiger partial charge on any atom is -0.498 e. The highest BCUT2D eigenvalue weighted by molar-refractivity contribution is 5.84. The Kier molecular flexibility index (Phi) is 3.79. The molecule has 0 spiro atoms. The normalized spacial score (nSPS) is 23.7. The number of rotatable bonds is 3. The number of ether oxygens (including phenoxy) is 2. The molecule has 2 atom stereocenters. The number of hydrogen-bond donors (Lipinski definition) is 1. The first-order valence-electron chi connectivity index (χ1n) is 5.58. The molecule has 1 aromatic carbocycles. The maximum atomic E-state index is 11.3. The van der Waals surface area contributed by atoms with E-state index in [0.29, 0.717) is 0 Å². The van der Waals surface area contributed by atoms with Crippen molar-refractivity contribution in [2.45, 2.75) is 12.2 Å². The van der Waals surface area contributed by atoms with Crippen LogP contribution in [0.1, 0.15) is 5.56 Å². The van der Waals surface area contributed by atoms with Crippen LogP contribution in [0.5, 0.6) is 0 Å². The Bertz CT molecular complexity index is 476. The summed E-state index contributed by atoms with van der Waals surface area (Å²) < 4.78 is 9.95. The van der Waals surface area contributed by atoms with Gasteiger partial charge in [0.15, 0.2) is 12.2 Å². The Balaban J connectivity index is 2.13. The maximum absolute atomic E-state index is 11.3. The number of methoxy groups -OCH3 is 1. The number of esters is 1. The van der Waals surface area contributed by atoms with Crippen LogP contribution in [0.3, 0.4) is 0 Å². The molecule has 0 fully saturated rings. The fraction of sp³-hybridized carbons (Fsp3) is 0.214. The number of benzene rings is 1. The first-order chi connectivity index (χ1) is 8.70. The van der Waals surface area contributed by atoms with Crippen molar-refractivity contribution in [1.29, 1.82) is 0 Å². The van der Waals surface area contributed by atoms with E-state index in [1.54, 1.807) is 12.2 Å². The second-order valence-corrected chi connectivity index (χ2v) is 3.87. The highest BCUT2D eigenvalue weighted by atomic mass is 16.6. The van der Waals surface area contributed by atoms with Crippen LogP contribution in [0.25, 0.3) is 6.08 Å². The molecular formula is C14H14O4. The summed E-state index contributed by atoms with van der Waals surface area (Å²) in [7, 11) is 1.41. The van der Waals surface area contributed by atoms with Gasteiger partial charge in [0.1, 0.15) is 5.76 Å². The van der Waals surface area contributed by atoms with Crippen LogP contribution in [0, 0.1) is 0 Å². The van der Waals surface area contributed by atoms with E-state index in [2.05, 4.69) is 0 Å². The molecule has 0 radical (unpaired) electrons. The number of carbonyl (C=O) groups is 1. The van der Waals surface area contributed by atoms with E-state index in [1.165, 1.54) is 7.11 Å². The summed E-state index contributed by atoms with van der Waals surface area (Å²) >= 11 is 0. The van der Waals surface area contributed by atoms with Crippen LogP contribution in [0.15, 0.2) is 48.2 Å². The maximum Gasteiger partial charge on any atom is 0.334 e. The van der Waals surface area contributed by atoms with Gasteiger partial charge in [0.25, 0.3) is 0 Å². The third kappa shape index (κ3) is 2.78. The van der Waals surface area contributed by atoms with E-state index in [1.807, 2.05) is 30.3 Å². The first-order valence-corrected chi connectivity index (χ1v) is 5.58. The van der Waals surface area contributed by atoms with Crippen LogP contribution in [-0.4, -0.2) is 30.4 Å². The van der Waals surface area contributed by atoms with Gasteiger partial charge >= 0.3 is 5.97 Å². The standard InChI is InChI=1S/C14H14O4/c1-17-12-9-13(15)18-11(14(12)16)8-7-10-5-3-2-4-6-10/h2-9,11,14,16H,1H3/b8-7-/t11-,14-/m0/s1. The van der Waals surface area contributed by atoms with Gasteiger partial charge in [-0.25, -0.2) is 4.79 Å². The molecule has 0 saturated carbocycles. The van der Waals surface area contributed by atoms with Gasteiger partial charge < -0.3 is 14.6 Å². The van der Waals surface area contributed by atoms with Crippen molar-refractivity contribution in [3.8, 4) is 0 Å². The highest BCUT2D eigenvalue weighted by Gasteiger charge is 2.30. The summed E-state index contributed by atoms with van der Waals surface area (Å²) in [5.74, 6) is -0.297. The largest absolute Gasteiger partial charge is 0.498 e. The lowest BCUT2D eigenvalue weighted by molar-refractivity contribution is -0.148. The average Bonchev–Trinajstić information content (AvgIpc) is 2.40. The predicted molar refractivity (Wildman–Crippen MR) is 66.5 cm³/mol. The Morgan fingerprint density at radius 1 is 1.33 bits per heavy atom. The van der Waals surface area contributed by atoms with E-state index >= 15 is 0 Å². The lowest BCUT2D eigenvalue weighted by atomic mass is 10.1. The minimum absolute atomic E-state index is 0.217. The van der Waals surface area contributed by atoms with Crippen molar-refractivity contribution >= 4 is 12.0 Å². The monoisotopic (exact) mass is 246 g/mol. The van der Waals surface area contributed by atoms with Crippen molar-refractivity contribution in [1.82, 2.24) is 0 Å². The third-order valence-corrected chi connectivity index (χ3v) is 2.63. The van der Waals surface area contributed by atoms with Gasteiger partial charge in [-0.2, -0.15) is 0 Å². The molecular weight excluding hydrogens is 232 g/mol. The summed E-state index contributed by atoms with van der Waals surface area (Å²) in [6.45, 7) is 0. The van der Waals surface area contributed by atoms with Gasteiger partial charge in [-0.1, -0.05) is 36.4 Å². The Hall–Kier alpha value is -2.07. The summed E-state index contributed by atoms with van der Waals surface area (Å²) in [5, 5.41) is 9.90. The van der Waals surface area contributed by atoms with Crippen LogP contribution >= 0.6 is 0 Å². The zero-order valence-electron chi connectivity index (χ0n) is 9.95. The van der Waals surface area contributed by atoms with Gasteiger partial charge in [0, 0.05) is 0 Å². The van der Waals surface area contributed by atoms with Gasteiger partial charge in [0.2, 0.25) is 0 Å². The number of carbonyl (C=O) groups excluding carboxylic acids is 1. The molecule has 2 rings (SSSR count). The number of aliphatic hydroxyl groups is 1. The van der Waals surface area contributed by atoms with Gasteiger partial charge in [0.05, 0.1) is 13.2 Å². The molecule has 0 aromatic heterocycles. The predicted octanol–water partition coefficient (Wildman–Crippen LogP) is 1.52. The summed E-state index contributed by atoms with van der Waals surface area (Å²) in [5.41, 5.74) is 0.967. The molecule has 1 heterocycles. The summed E-state index contributed by atoms with van der Waals surface area (Å²) in [4.78, 5) is 11.3. The highest BCUT2D eigenvalue weighted by Crippen LogP contribution is 2.19. The average molecular weight is 246 g/mol. The van der Waals surface area contributed by atoms with E-state index in [9.17, 15) is 9.90 Å². The van der Waals surface area contributed by atoms with Gasteiger partial charge in [-0.05, 0) is 11.6 Å². The van der Waals surface area contributed by atoms with Crippen LogP contribution in [0.4, 0.5) is 0 Å². The zero-order valence-corrected chi connectivity index (χ0v) is 9.95. The van der Waals surface area contributed by atoms with E-state index in [-0.39, 0.29) is 5.76 Å². The first kappa shape index (κ1) is 12.4. The molecule has 0 unspecified atom stereocenters. The van der Waals surface area contributed by atoms with Gasteiger partial charge in [-0.3, -0.25) is 0 Å². The van der Waals surface area contributed by atoms with Crippen LogP contribution < -0.4 is 0 Å². The quantitative estimate of drug-likeness (QED) is 0.821. The van der Waals surface area contributed by atoms with Crippen molar-refractivity contribution in [3.05, 3.63) is 53.8 Å². The zero-order chi connectivity index (χ0) is 13.0.